The van der Waals surface area contributed by atoms with Crippen LogP contribution in [0, 0.1) is 0 Å². The first-order valence-corrected chi connectivity index (χ1v) is 10.1. The van der Waals surface area contributed by atoms with Crippen molar-refractivity contribution in [2.45, 2.75) is 9.79 Å². The highest BCUT2D eigenvalue weighted by atomic mass is 32.2. The quantitative estimate of drug-likeness (QED) is 0.707. The molecule has 1 aliphatic heterocycles. The molecule has 1 aliphatic rings. The predicted octanol–water partition coefficient (Wildman–Crippen LogP) is 2.94. The molecule has 2 N–H and O–H groups in total. The topological polar surface area (TPSA) is 98.2 Å². The minimum atomic E-state index is -1.26. The Labute approximate surface area is 179 Å². The van der Waals surface area contributed by atoms with Gasteiger partial charge >= 0.3 is 11.9 Å². The van der Waals surface area contributed by atoms with Gasteiger partial charge in [-0.05, 0) is 31.3 Å². The molecule has 0 unspecified atom stereocenters. The van der Waals surface area contributed by atoms with E-state index in [9.17, 15) is 14.4 Å². The maximum Gasteiger partial charge on any atom is 0.328 e. The first-order valence-electron chi connectivity index (χ1n) is 9.30. The van der Waals surface area contributed by atoms with E-state index in [2.05, 4.69) is 24.1 Å². The van der Waals surface area contributed by atoms with E-state index in [4.69, 9.17) is 10.2 Å². The fourth-order valence-electron chi connectivity index (χ4n) is 2.67. The highest BCUT2D eigenvalue weighted by Gasteiger charge is 2.22. The number of carbonyl (C=O) groups is 3. The third-order valence-corrected chi connectivity index (χ3v) is 5.33. The molecule has 1 heterocycles. The van der Waals surface area contributed by atoms with Crippen LogP contribution in [-0.4, -0.2) is 71.1 Å². The van der Waals surface area contributed by atoms with Gasteiger partial charge in [0, 0.05) is 48.1 Å². The summed E-state index contributed by atoms with van der Waals surface area (Å²) in [5.74, 6) is -2.37. The van der Waals surface area contributed by atoms with Crippen LogP contribution in [-0.2, 0) is 9.59 Å². The van der Waals surface area contributed by atoms with Gasteiger partial charge in [-0.2, -0.15) is 0 Å². The van der Waals surface area contributed by atoms with Crippen molar-refractivity contribution in [2.24, 2.45) is 0 Å². The first kappa shape index (κ1) is 23.2. The number of nitrogens with zero attached hydrogens (tertiary/aromatic N) is 2. The molecule has 0 saturated carbocycles. The van der Waals surface area contributed by atoms with Crippen molar-refractivity contribution < 1.29 is 24.6 Å². The molecule has 0 aromatic heterocycles. The number of carbonyl (C=O) groups excluding carboxylic acids is 1. The van der Waals surface area contributed by atoms with E-state index in [-0.39, 0.29) is 5.91 Å². The molecule has 0 spiro atoms. The number of piperazine rings is 1. The number of benzene rings is 2. The maximum absolute atomic E-state index is 12.8. The molecule has 0 atom stereocenters. The van der Waals surface area contributed by atoms with Crippen molar-refractivity contribution in [2.75, 3.05) is 33.2 Å². The SMILES string of the molecule is CN1CCN(C(=O)c2ccccc2Sc2ccccc2)CC1.O=C(O)/C=C\C(=O)O. The molecule has 7 nitrogen and oxygen atoms in total. The van der Waals surface area contributed by atoms with Gasteiger partial charge in [-0.25, -0.2) is 9.59 Å². The lowest BCUT2D eigenvalue weighted by molar-refractivity contribution is -0.134. The Morgan fingerprint density at radius 3 is 1.93 bits per heavy atom. The summed E-state index contributed by atoms with van der Waals surface area (Å²) < 4.78 is 0. The van der Waals surface area contributed by atoms with Gasteiger partial charge in [-0.15, -0.1) is 0 Å². The van der Waals surface area contributed by atoms with E-state index in [0.717, 1.165) is 41.5 Å². The van der Waals surface area contributed by atoms with Crippen LogP contribution in [0.2, 0.25) is 0 Å². The highest BCUT2D eigenvalue weighted by molar-refractivity contribution is 7.99. The minimum absolute atomic E-state index is 0.145. The first-order chi connectivity index (χ1) is 14.4. The highest BCUT2D eigenvalue weighted by Crippen LogP contribution is 2.31. The Hall–Kier alpha value is -3.10. The lowest BCUT2D eigenvalue weighted by Crippen LogP contribution is -2.47. The summed E-state index contributed by atoms with van der Waals surface area (Å²) in [6.07, 6.45) is 1.12. The number of amides is 1. The summed E-state index contributed by atoms with van der Waals surface area (Å²) in [7, 11) is 2.10. The molecule has 30 heavy (non-hydrogen) atoms. The molecule has 1 saturated heterocycles. The Bertz CT molecular complexity index is 877. The number of aliphatic carboxylic acids is 2. The van der Waals surface area contributed by atoms with Gasteiger partial charge in [-0.1, -0.05) is 42.1 Å². The number of hydrogen-bond donors (Lipinski definition) is 2. The van der Waals surface area contributed by atoms with Gasteiger partial charge in [0.25, 0.3) is 5.91 Å². The van der Waals surface area contributed by atoms with Gasteiger partial charge in [-0.3, -0.25) is 4.79 Å². The van der Waals surface area contributed by atoms with Crippen LogP contribution < -0.4 is 0 Å². The summed E-state index contributed by atoms with van der Waals surface area (Å²) in [6, 6.07) is 18.1. The van der Waals surface area contributed by atoms with Crippen molar-refractivity contribution >= 4 is 29.6 Å². The normalized spacial score (nSPS) is 14.1. The largest absolute Gasteiger partial charge is 0.478 e. The van der Waals surface area contributed by atoms with Gasteiger partial charge in [0.15, 0.2) is 0 Å². The van der Waals surface area contributed by atoms with Crippen LogP contribution in [0.25, 0.3) is 0 Å². The lowest BCUT2D eigenvalue weighted by atomic mass is 10.2. The van der Waals surface area contributed by atoms with Crippen LogP contribution in [0.15, 0.2) is 76.5 Å². The van der Waals surface area contributed by atoms with Crippen LogP contribution in [0.3, 0.4) is 0 Å². The maximum atomic E-state index is 12.8. The number of rotatable bonds is 5. The van der Waals surface area contributed by atoms with Crippen LogP contribution in [0.1, 0.15) is 10.4 Å². The van der Waals surface area contributed by atoms with E-state index in [1.54, 1.807) is 11.8 Å². The Kier molecular flexibility index (Phi) is 9.11. The molecular formula is C22H24N2O5S. The average Bonchev–Trinajstić information content (AvgIpc) is 2.74. The Balaban J connectivity index is 0.000000343. The molecule has 0 bridgehead atoms. The van der Waals surface area contributed by atoms with E-state index >= 15 is 0 Å². The van der Waals surface area contributed by atoms with Crippen LogP contribution in [0.4, 0.5) is 0 Å². The third-order valence-electron chi connectivity index (χ3n) is 4.25. The summed E-state index contributed by atoms with van der Waals surface area (Å²) in [4.78, 5) is 38.3. The van der Waals surface area contributed by atoms with Crippen molar-refractivity contribution in [1.29, 1.82) is 0 Å². The number of likely N-dealkylation sites (N-methyl/N-ethyl adjacent to an activating group) is 1. The van der Waals surface area contributed by atoms with Gasteiger partial charge < -0.3 is 20.0 Å². The minimum Gasteiger partial charge on any atom is -0.478 e. The molecule has 2 aromatic rings. The van der Waals surface area contributed by atoms with Gasteiger partial charge in [0.1, 0.15) is 0 Å². The fraction of sp³-hybridized carbons (Fsp3) is 0.227. The third kappa shape index (κ3) is 7.73. The molecule has 3 rings (SSSR count). The molecule has 158 valence electrons. The molecule has 1 fully saturated rings. The lowest BCUT2D eigenvalue weighted by Gasteiger charge is -2.32. The van der Waals surface area contributed by atoms with Gasteiger partial charge in [0.05, 0.1) is 5.56 Å². The monoisotopic (exact) mass is 428 g/mol. The van der Waals surface area contributed by atoms with Crippen molar-refractivity contribution in [3.05, 3.63) is 72.3 Å². The number of carboxylic acid groups (broad SMARTS) is 2. The smallest absolute Gasteiger partial charge is 0.328 e. The number of hydrogen-bond acceptors (Lipinski definition) is 5. The van der Waals surface area contributed by atoms with Crippen LogP contribution in [0.5, 0.6) is 0 Å². The van der Waals surface area contributed by atoms with E-state index in [1.807, 2.05) is 47.4 Å². The summed E-state index contributed by atoms with van der Waals surface area (Å²) in [5, 5.41) is 15.6. The molecule has 0 radical (unpaired) electrons. The van der Waals surface area contributed by atoms with E-state index in [0.29, 0.717) is 12.2 Å². The average molecular weight is 429 g/mol. The summed E-state index contributed by atoms with van der Waals surface area (Å²) >= 11 is 1.65. The zero-order valence-electron chi connectivity index (χ0n) is 16.6. The second-order valence-corrected chi connectivity index (χ2v) is 7.63. The fourth-order valence-corrected chi connectivity index (χ4v) is 3.63. The standard InChI is InChI=1S/C18H20N2OS.C4H4O4/c1-19-11-13-20(14-12-19)18(21)16-9-5-6-10-17(16)22-15-7-3-2-4-8-15;5-3(6)1-2-4(7)8/h2-10H,11-14H2,1H3;1-2H,(H,5,6)(H,7,8)/b;2-1-. The second kappa shape index (κ2) is 11.8. The zero-order valence-corrected chi connectivity index (χ0v) is 17.4. The Morgan fingerprint density at radius 2 is 1.37 bits per heavy atom. The summed E-state index contributed by atoms with van der Waals surface area (Å²) in [5.41, 5.74) is 0.806. The predicted molar refractivity (Wildman–Crippen MR) is 115 cm³/mol. The molecule has 8 heteroatoms. The van der Waals surface area contributed by atoms with Crippen molar-refractivity contribution in [1.82, 2.24) is 9.80 Å². The Morgan fingerprint density at radius 1 is 0.833 bits per heavy atom. The van der Waals surface area contributed by atoms with Crippen molar-refractivity contribution in [3.63, 3.8) is 0 Å². The molecule has 1 amide bonds. The molecule has 0 aliphatic carbocycles. The van der Waals surface area contributed by atoms with Crippen molar-refractivity contribution in [3.8, 4) is 0 Å². The van der Waals surface area contributed by atoms with Crippen LogP contribution >= 0.6 is 11.8 Å². The van der Waals surface area contributed by atoms with Gasteiger partial charge in [0.2, 0.25) is 0 Å². The summed E-state index contributed by atoms with van der Waals surface area (Å²) in [6.45, 7) is 3.50. The molecule has 2 aromatic carbocycles. The van der Waals surface area contributed by atoms with E-state index in [1.165, 1.54) is 0 Å². The van der Waals surface area contributed by atoms with E-state index < -0.39 is 11.9 Å². The molecular weight excluding hydrogens is 404 g/mol. The second-order valence-electron chi connectivity index (χ2n) is 6.52. The number of carboxylic acids is 2. The zero-order chi connectivity index (χ0) is 21.9.